The van der Waals surface area contributed by atoms with Gasteiger partial charge in [-0.1, -0.05) is 30.3 Å². The minimum absolute atomic E-state index is 0.473. The minimum atomic E-state index is -3.58. The molecule has 1 aromatic carbocycles. The van der Waals surface area contributed by atoms with Gasteiger partial charge < -0.3 is 9.84 Å². The summed E-state index contributed by atoms with van der Waals surface area (Å²) in [5.74, 6) is -0.903. The van der Waals surface area contributed by atoms with Crippen molar-refractivity contribution in [3.63, 3.8) is 0 Å². The molecular formula is C11H15NO5S. The van der Waals surface area contributed by atoms with Crippen LogP contribution >= 0.6 is 0 Å². The molecule has 1 rings (SSSR count). The number of methoxy groups -OCH3 is 1. The van der Waals surface area contributed by atoms with E-state index in [1.165, 1.54) is 0 Å². The van der Waals surface area contributed by atoms with Gasteiger partial charge in [-0.25, -0.2) is 17.9 Å². The van der Waals surface area contributed by atoms with Crippen molar-refractivity contribution in [2.24, 2.45) is 0 Å². The first-order valence-corrected chi connectivity index (χ1v) is 7.02. The van der Waals surface area contributed by atoms with E-state index >= 15 is 0 Å². The molecule has 18 heavy (non-hydrogen) atoms. The molecule has 0 saturated heterocycles. The molecule has 0 fully saturated rings. The Hall–Kier alpha value is -1.44. The number of aliphatic hydroxyl groups is 1. The van der Waals surface area contributed by atoms with Crippen LogP contribution in [0.1, 0.15) is 11.6 Å². The molecule has 7 heteroatoms. The molecule has 1 aromatic rings. The van der Waals surface area contributed by atoms with Gasteiger partial charge in [0.15, 0.2) is 6.10 Å². The zero-order chi connectivity index (χ0) is 13.8. The van der Waals surface area contributed by atoms with Gasteiger partial charge in [-0.15, -0.1) is 0 Å². The fourth-order valence-corrected chi connectivity index (χ4v) is 2.19. The fraction of sp³-hybridized carbons (Fsp3) is 0.364. The van der Waals surface area contributed by atoms with Gasteiger partial charge in [-0.3, -0.25) is 0 Å². The van der Waals surface area contributed by atoms with Crippen LogP contribution in [0.15, 0.2) is 30.3 Å². The monoisotopic (exact) mass is 273 g/mol. The van der Waals surface area contributed by atoms with Crippen molar-refractivity contribution >= 4 is 16.0 Å². The van der Waals surface area contributed by atoms with E-state index in [1.807, 2.05) is 0 Å². The molecule has 0 aliphatic heterocycles. The first-order chi connectivity index (χ1) is 8.35. The standard InChI is InChI=1S/C11H15NO5S/c1-17-11(14)10(13)9(12-18(2,15)16)8-6-4-3-5-7-8/h3-7,9-10,12-13H,1-2H3/t9-,10+/m0/s1. The van der Waals surface area contributed by atoms with Crippen LogP contribution in [-0.2, 0) is 19.6 Å². The first kappa shape index (κ1) is 14.6. The van der Waals surface area contributed by atoms with E-state index in [2.05, 4.69) is 9.46 Å². The number of esters is 1. The summed E-state index contributed by atoms with van der Waals surface area (Å²) in [6.07, 6.45) is -0.653. The van der Waals surface area contributed by atoms with Crippen LogP contribution in [0, 0.1) is 0 Å². The number of aliphatic hydroxyl groups excluding tert-OH is 1. The van der Waals surface area contributed by atoms with E-state index in [0.717, 1.165) is 13.4 Å². The van der Waals surface area contributed by atoms with Crippen molar-refractivity contribution in [3.8, 4) is 0 Å². The fourth-order valence-electron chi connectivity index (χ4n) is 1.46. The maximum absolute atomic E-state index is 11.3. The topological polar surface area (TPSA) is 92.7 Å². The second-order valence-corrected chi connectivity index (χ2v) is 5.53. The number of nitrogens with one attached hydrogen (secondary N) is 1. The largest absolute Gasteiger partial charge is 0.467 e. The van der Waals surface area contributed by atoms with Gasteiger partial charge in [0, 0.05) is 0 Å². The Bertz CT molecular complexity index is 499. The average Bonchev–Trinajstić information content (AvgIpc) is 2.34. The van der Waals surface area contributed by atoms with Crippen LogP contribution in [0.3, 0.4) is 0 Å². The van der Waals surface area contributed by atoms with Crippen LogP contribution in [0.5, 0.6) is 0 Å². The Morgan fingerprint density at radius 1 is 1.33 bits per heavy atom. The average molecular weight is 273 g/mol. The van der Waals surface area contributed by atoms with Crippen molar-refractivity contribution < 1.29 is 23.1 Å². The summed E-state index contributed by atoms with van der Waals surface area (Å²) < 4.78 is 29.1. The van der Waals surface area contributed by atoms with Gasteiger partial charge in [0.05, 0.1) is 19.4 Å². The normalized spacial score (nSPS) is 14.8. The van der Waals surface area contributed by atoms with Gasteiger partial charge in [-0.05, 0) is 5.56 Å². The lowest BCUT2D eigenvalue weighted by molar-refractivity contribution is -0.151. The van der Waals surface area contributed by atoms with E-state index in [9.17, 15) is 18.3 Å². The quantitative estimate of drug-likeness (QED) is 0.725. The molecule has 0 saturated carbocycles. The summed E-state index contributed by atoms with van der Waals surface area (Å²) in [4.78, 5) is 11.3. The summed E-state index contributed by atoms with van der Waals surface area (Å²) in [5.41, 5.74) is 0.473. The molecule has 2 N–H and O–H groups in total. The van der Waals surface area contributed by atoms with Gasteiger partial charge in [0.2, 0.25) is 10.0 Å². The number of rotatable bonds is 5. The van der Waals surface area contributed by atoms with Gasteiger partial charge in [-0.2, -0.15) is 0 Å². The number of carbonyl (C=O) groups is 1. The number of hydrogen-bond donors (Lipinski definition) is 2. The Morgan fingerprint density at radius 3 is 2.33 bits per heavy atom. The smallest absolute Gasteiger partial charge is 0.336 e. The number of benzene rings is 1. The highest BCUT2D eigenvalue weighted by molar-refractivity contribution is 7.88. The SMILES string of the molecule is COC(=O)[C@H](O)[C@@H](NS(C)(=O)=O)c1ccccc1. The molecule has 0 radical (unpaired) electrons. The Balaban J connectivity index is 3.07. The Kier molecular flexibility index (Phi) is 4.83. The zero-order valence-corrected chi connectivity index (χ0v) is 10.8. The van der Waals surface area contributed by atoms with Crippen molar-refractivity contribution in [2.45, 2.75) is 12.1 Å². The third-order valence-electron chi connectivity index (χ3n) is 2.26. The molecule has 0 bridgehead atoms. The third kappa shape index (κ3) is 4.10. The second kappa shape index (κ2) is 5.94. The van der Waals surface area contributed by atoms with Crippen LogP contribution in [-0.4, -0.2) is 39.0 Å². The maximum Gasteiger partial charge on any atom is 0.336 e. The van der Waals surface area contributed by atoms with Crippen LogP contribution < -0.4 is 4.72 Å². The summed E-state index contributed by atoms with van der Waals surface area (Å²) in [6.45, 7) is 0. The summed E-state index contributed by atoms with van der Waals surface area (Å²) in [5, 5.41) is 9.79. The van der Waals surface area contributed by atoms with Gasteiger partial charge in [0.25, 0.3) is 0 Å². The molecule has 0 heterocycles. The van der Waals surface area contributed by atoms with Gasteiger partial charge >= 0.3 is 5.97 Å². The highest BCUT2D eigenvalue weighted by Gasteiger charge is 2.30. The zero-order valence-electron chi connectivity index (χ0n) is 10.0. The van der Waals surface area contributed by atoms with Crippen molar-refractivity contribution in [1.29, 1.82) is 0 Å². The molecule has 100 valence electrons. The van der Waals surface area contributed by atoms with E-state index in [-0.39, 0.29) is 0 Å². The molecule has 0 aromatic heterocycles. The molecular weight excluding hydrogens is 258 g/mol. The van der Waals surface area contributed by atoms with Crippen LogP contribution in [0.2, 0.25) is 0 Å². The number of carbonyl (C=O) groups excluding carboxylic acids is 1. The van der Waals surface area contributed by atoms with Crippen molar-refractivity contribution in [1.82, 2.24) is 4.72 Å². The molecule has 0 aliphatic carbocycles. The Morgan fingerprint density at radius 2 is 1.89 bits per heavy atom. The molecule has 2 atom stereocenters. The highest BCUT2D eigenvalue weighted by atomic mass is 32.2. The van der Waals surface area contributed by atoms with Crippen LogP contribution in [0.25, 0.3) is 0 Å². The molecule has 0 spiro atoms. The van der Waals surface area contributed by atoms with Crippen molar-refractivity contribution in [2.75, 3.05) is 13.4 Å². The lowest BCUT2D eigenvalue weighted by Crippen LogP contribution is -2.40. The molecule has 0 amide bonds. The minimum Gasteiger partial charge on any atom is -0.467 e. The molecule has 6 nitrogen and oxygen atoms in total. The first-order valence-electron chi connectivity index (χ1n) is 5.13. The number of sulfonamides is 1. The van der Waals surface area contributed by atoms with E-state index in [0.29, 0.717) is 5.56 Å². The number of ether oxygens (including phenoxy) is 1. The van der Waals surface area contributed by atoms with Gasteiger partial charge in [0.1, 0.15) is 0 Å². The second-order valence-electron chi connectivity index (χ2n) is 3.75. The van der Waals surface area contributed by atoms with E-state index in [4.69, 9.17) is 0 Å². The lowest BCUT2D eigenvalue weighted by Gasteiger charge is -2.21. The molecule has 0 unspecified atom stereocenters. The summed E-state index contributed by atoms with van der Waals surface area (Å²) in [6, 6.07) is 7.23. The predicted octanol–water partition coefficient (Wildman–Crippen LogP) is -0.189. The lowest BCUT2D eigenvalue weighted by atomic mass is 10.0. The predicted molar refractivity (Wildman–Crippen MR) is 65.2 cm³/mol. The number of hydrogen-bond acceptors (Lipinski definition) is 5. The van der Waals surface area contributed by atoms with E-state index in [1.54, 1.807) is 30.3 Å². The summed E-state index contributed by atoms with van der Waals surface area (Å²) in [7, 11) is -2.46. The maximum atomic E-state index is 11.3. The third-order valence-corrected chi connectivity index (χ3v) is 2.94. The van der Waals surface area contributed by atoms with E-state index < -0.39 is 28.1 Å². The van der Waals surface area contributed by atoms with Crippen LogP contribution in [0.4, 0.5) is 0 Å². The molecule has 0 aliphatic rings. The van der Waals surface area contributed by atoms with Crippen molar-refractivity contribution in [3.05, 3.63) is 35.9 Å². The highest BCUT2D eigenvalue weighted by Crippen LogP contribution is 2.18. The summed E-state index contributed by atoms with van der Waals surface area (Å²) >= 11 is 0. The Labute approximate surface area is 106 Å².